The molecular formula is C22H24Cl2N2O5. The van der Waals surface area contributed by atoms with E-state index in [4.69, 9.17) is 27.9 Å². The van der Waals surface area contributed by atoms with Crippen LogP contribution >= 0.6 is 23.2 Å². The molecule has 0 unspecified atom stereocenters. The van der Waals surface area contributed by atoms with Crippen molar-refractivity contribution in [2.45, 2.75) is 39.2 Å². The van der Waals surface area contributed by atoms with Gasteiger partial charge in [-0.2, -0.15) is 0 Å². The summed E-state index contributed by atoms with van der Waals surface area (Å²) in [5, 5.41) is 2.99. The number of rotatable bonds is 6. The first-order valence-electron chi connectivity index (χ1n) is 10.5. The summed E-state index contributed by atoms with van der Waals surface area (Å²) in [6.45, 7) is 2.93. The maximum absolute atomic E-state index is 13.1. The van der Waals surface area contributed by atoms with Gasteiger partial charge >= 0.3 is 5.97 Å². The van der Waals surface area contributed by atoms with Crippen molar-refractivity contribution in [1.29, 1.82) is 0 Å². The number of hydrogen-bond acceptors (Lipinski definition) is 5. The van der Waals surface area contributed by atoms with Crippen molar-refractivity contribution in [1.82, 2.24) is 4.90 Å². The number of carbonyl (C=O) groups excluding carboxylic acids is 4. The minimum atomic E-state index is -1.05. The Kier molecular flexibility index (Phi) is 6.01. The quantitative estimate of drug-likeness (QED) is 0.511. The lowest BCUT2D eigenvalue weighted by Crippen LogP contribution is -2.50. The summed E-state index contributed by atoms with van der Waals surface area (Å²) >= 11 is 12.0. The summed E-state index contributed by atoms with van der Waals surface area (Å²) in [5.74, 6) is -2.42. The zero-order valence-electron chi connectivity index (χ0n) is 17.3. The maximum Gasteiger partial charge on any atom is 0.330 e. The fraction of sp³-hybridized carbons (Fsp3) is 0.545. The molecule has 31 heavy (non-hydrogen) atoms. The van der Waals surface area contributed by atoms with Crippen molar-refractivity contribution < 1.29 is 23.9 Å². The maximum atomic E-state index is 13.1. The standard InChI is InChI=1S/C22H24Cl2N2O5/c1-10(2)19(26-20(28)16-11-6-7-12(8-11)17(16)21(26)29)22(30)31-9-15(27)25-14-5-3-4-13(23)18(14)24/h3-5,10-12,16-17,19H,6-9H2,1-2H3,(H,25,27)/t11-,12-,16-,17+,19+/m0/s1. The minimum absolute atomic E-state index is 0.179. The van der Waals surface area contributed by atoms with E-state index in [1.807, 2.05) is 0 Å². The van der Waals surface area contributed by atoms with Crippen LogP contribution in [0.4, 0.5) is 5.69 Å². The summed E-state index contributed by atoms with van der Waals surface area (Å²) < 4.78 is 5.20. The topological polar surface area (TPSA) is 92.8 Å². The second-order valence-electron chi connectivity index (χ2n) is 8.88. The molecular weight excluding hydrogens is 443 g/mol. The largest absolute Gasteiger partial charge is 0.454 e. The first kappa shape index (κ1) is 22.1. The van der Waals surface area contributed by atoms with Gasteiger partial charge in [0.1, 0.15) is 6.04 Å². The number of esters is 1. The molecule has 166 valence electrons. The van der Waals surface area contributed by atoms with Gasteiger partial charge in [0.25, 0.3) is 5.91 Å². The van der Waals surface area contributed by atoms with Crippen LogP contribution in [0, 0.1) is 29.6 Å². The fourth-order valence-corrected chi connectivity index (χ4v) is 5.74. The van der Waals surface area contributed by atoms with E-state index >= 15 is 0 Å². The SMILES string of the molecule is CC(C)[C@H](C(=O)OCC(=O)Nc1cccc(Cl)c1Cl)N1C(=O)[C@@H]2[C@H]3CC[C@@H](C3)[C@@H]2C1=O. The van der Waals surface area contributed by atoms with Crippen LogP contribution in [-0.2, 0) is 23.9 Å². The smallest absolute Gasteiger partial charge is 0.330 e. The molecule has 0 spiro atoms. The van der Waals surface area contributed by atoms with Gasteiger partial charge in [0.15, 0.2) is 6.61 Å². The fourth-order valence-electron chi connectivity index (χ4n) is 5.39. The molecule has 3 aliphatic rings. The Labute approximate surface area is 190 Å². The van der Waals surface area contributed by atoms with Crippen LogP contribution in [0.15, 0.2) is 18.2 Å². The zero-order chi connectivity index (χ0) is 22.4. The van der Waals surface area contributed by atoms with Crippen molar-refractivity contribution in [2.24, 2.45) is 29.6 Å². The van der Waals surface area contributed by atoms with Crippen LogP contribution < -0.4 is 5.32 Å². The lowest BCUT2D eigenvalue weighted by Gasteiger charge is -2.28. The van der Waals surface area contributed by atoms with E-state index in [0.717, 1.165) is 24.2 Å². The number of hydrogen-bond donors (Lipinski definition) is 1. The highest BCUT2D eigenvalue weighted by Gasteiger charge is 2.62. The highest BCUT2D eigenvalue weighted by atomic mass is 35.5. The van der Waals surface area contributed by atoms with Gasteiger partial charge in [-0.05, 0) is 49.1 Å². The molecule has 1 saturated heterocycles. The van der Waals surface area contributed by atoms with E-state index in [0.29, 0.717) is 5.69 Å². The second kappa shape index (κ2) is 8.43. The number of carbonyl (C=O) groups is 4. The van der Waals surface area contributed by atoms with Gasteiger partial charge in [-0.15, -0.1) is 0 Å². The molecule has 2 saturated carbocycles. The monoisotopic (exact) mass is 466 g/mol. The zero-order valence-corrected chi connectivity index (χ0v) is 18.8. The number of nitrogens with zero attached hydrogens (tertiary/aromatic N) is 1. The Morgan fingerprint density at radius 2 is 1.74 bits per heavy atom. The van der Waals surface area contributed by atoms with E-state index in [1.165, 1.54) is 0 Å². The molecule has 1 aliphatic heterocycles. The number of anilines is 1. The second-order valence-corrected chi connectivity index (χ2v) is 9.66. The molecule has 3 fully saturated rings. The van der Waals surface area contributed by atoms with Crippen molar-refractivity contribution in [3.63, 3.8) is 0 Å². The van der Waals surface area contributed by atoms with E-state index in [2.05, 4.69) is 5.32 Å². The van der Waals surface area contributed by atoms with E-state index < -0.39 is 24.5 Å². The van der Waals surface area contributed by atoms with E-state index in [1.54, 1.807) is 32.0 Å². The predicted molar refractivity (Wildman–Crippen MR) is 114 cm³/mol. The molecule has 0 radical (unpaired) electrons. The summed E-state index contributed by atoms with van der Waals surface area (Å²) in [7, 11) is 0. The number of halogens is 2. The number of likely N-dealkylation sites (tertiary alicyclic amines) is 1. The minimum Gasteiger partial charge on any atom is -0.454 e. The predicted octanol–water partition coefficient (Wildman–Crippen LogP) is 3.53. The number of benzene rings is 1. The third-order valence-corrected chi connectivity index (χ3v) is 7.50. The summed E-state index contributed by atoms with van der Waals surface area (Å²) in [4.78, 5) is 52.3. The molecule has 7 nitrogen and oxygen atoms in total. The van der Waals surface area contributed by atoms with Gasteiger partial charge < -0.3 is 10.1 Å². The van der Waals surface area contributed by atoms with E-state index in [-0.39, 0.29) is 51.4 Å². The van der Waals surface area contributed by atoms with Crippen LogP contribution in [-0.4, -0.2) is 41.2 Å². The normalized spacial score (nSPS) is 27.6. The van der Waals surface area contributed by atoms with Crippen LogP contribution in [0.1, 0.15) is 33.1 Å². The summed E-state index contributed by atoms with van der Waals surface area (Å²) in [6, 6.07) is 3.73. The van der Waals surface area contributed by atoms with Gasteiger partial charge in [-0.3, -0.25) is 19.3 Å². The van der Waals surface area contributed by atoms with Crippen LogP contribution in [0.5, 0.6) is 0 Å². The van der Waals surface area contributed by atoms with Crippen molar-refractivity contribution in [2.75, 3.05) is 11.9 Å². The Morgan fingerprint density at radius 3 is 2.32 bits per heavy atom. The lowest BCUT2D eigenvalue weighted by molar-refractivity contribution is -0.162. The van der Waals surface area contributed by atoms with Crippen molar-refractivity contribution in [3.8, 4) is 0 Å². The third kappa shape index (κ3) is 3.82. The average Bonchev–Trinajstić information content (AvgIpc) is 3.40. The van der Waals surface area contributed by atoms with Crippen molar-refractivity contribution >= 4 is 52.6 Å². The molecule has 2 bridgehead atoms. The lowest BCUT2D eigenvalue weighted by atomic mass is 9.81. The van der Waals surface area contributed by atoms with Crippen molar-refractivity contribution in [3.05, 3.63) is 28.2 Å². The molecule has 1 aromatic carbocycles. The first-order valence-corrected chi connectivity index (χ1v) is 11.2. The van der Waals surface area contributed by atoms with Gasteiger partial charge in [-0.1, -0.05) is 43.1 Å². The highest BCUT2D eigenvalue weighted by Crippen LogP contribution is 2.56. The van der Waals surface area contributed by atoms with Crippen LogP contribution in [0.2, 0.25) is 10.0 Å². The summed E-state index contributed by atoms with van der Waals surface area (Å²) in [6.07, 6.45) is 2.84. The Morgan fingerprint density at radius 1 is 1.13 bits per heavy atom. The van der Waals surface area contributed by atoms with Gasteiger partial charge in [0, 0.05) is 0 Å². The third-order valence-electron chi connectivity index (χ3n) is 6.68. The highest BCUT2D eigenvalue weighted by molar-refractivity contribution is 6.44. The molecule has 5 atom stereocenters. The van der Waals surface area contributed by atoms with Gasteiger partial charge in [0.05, 0.1) is 27.6 Å². The summed E-state index contributed by atoms with van der Waals surface area (Å²) in [5.41, 5.74) is 0.295. The van der Waals surface area contributed by atoms with Gasteiger partial charge in [0.2, 0.25) is 11.8 Å². The molecule has 9 heteroatoms. The number of nitrogens with one attached hydrogen (secondary N) is 1. The molecule has 1 heterocycles. The Bertz CT molecular complexity index is 922. The molecule has 1 N–H and O–H groups in total. The number of fused-ring (bicyclic) bond motifs is 5. The van der Waals surface area contributed by atoms with Gasteiger partial charge in [-0.25, -0.2) is 4.79 Å². The number of amides is 3. The Balaban J connectivity index is 1.42. The molecule has 2 aliphatic carbocycles. The molecule has 0 aromatic heterocycles. The average molecular weight is 467 g/mol. The number of imide groups is 1. The van der Waals surface area contributed by atoms with Crippen LogP contribution in [0.25, 0.3) is 0 Å². The molecule has 3 amide bonds. The molecule has 1 aromatic rings. The molecule has 4 rings (SSSR count). The van der Waals surface area contributed by atoms with Crippen LogP contribution in [0.3, 0.4) is 0 Å². The van der Waals surface area contributed by atoms with E-state index in [9.17, 15) is 19.2 Å². The first-order chi connectivity index (χ1) is 14.7. The Hall–Kier alpha value is -2.12. The number of ether oxygens (including phenoxy) is 1.